The second kappa shape index (κ2) is 11.6. The Hall–Kier alpha value is -3.04. The first-order valence-electron chi connectivity index (χ1n) is 11.4. The molecule has 3 rings (SSSR count). The van der Waals surface area contributed by atoms with E-state index in [9.17, 15) is 14.7 Å². The zero-order chi connectivity index (χ0) is 25.6. The average molecular weight is 506 g/mol. The van der Waals surface area contributed by atoms with Crippen LogP contribution in [-0.2, 0) is 17.7 Å². The van der Waals surface area contributed by atoms with Crippen LogP contribution in [0.1, 0.15) is 48.3 Å². The Labute approximate surface area is 210 Å². The molecule has 1 aliphatic heterocycles. The van der Waals surface area contributed by atoms with Gasteiger partial charge < -0.3 is 29.5 Å². The van der Waals surface area contributed by atoms with E-state index >= 15 is 0 Å². The number of nitrogens with zero attached hydrogens (tertiary/aromatic N) is 2. The summed E-state index contributed by atoms with van der Waals surface area (Å²) in [5, 5.41) is 13.9. The van der Waals surface area contributed by atoms with Gasteiger partial charge in [-0.05, 0) is 31.5 Å². The van der Waals surface area contributed by atoms with Crippen molar-refractivity contribution in [2.45, 2.75) is 51.4 Å². The Bertz CT molecular complexity index is 1030. The van der Waals surface area contributed by atoms with Gasteiger partial charge in [0.15, 0.2) is 0 Å². The van der Waals surface area contributed by atoms with Gasteiger partial charge in [0.05, 0.1) is 25.5 Å². The standard InChI is InChI=1S/C25H32ClN3O6/c1-25(2,32)14-20-21(35-18-9-11-29(12-10-18)24(31)34-4)13-19(23(28-20)33-3)22(30)27-15-16-5-7-17(26)8-6-16/h5-8,13,18,32H,9-12,14-15H2,1-4H3,(H,27,30). The summed E-state index contributed by atoms with van der Waals surface area (Å²) in [6.45, 7) is 4.64. The van der Waals surface area contributed by atoms with E-state index in [1.807, 2.05) is 12.1 Å². The number of benzene rings is 1. The predicted molar refractivity (Wildman–Crippen MR) is 131 cm³/mol. The molecule has 0 spiro atoms. The highest BCUT2D eigenvalue weighted by atomic mass is 35.5. The third-order valence-corrected chi connectivity index (χ3v) is 5.85. The van der Waals surface area contributed by atoms with E-state index in [0.29, 0.717) is 48.9 Å². The number of aromatic nitrogens is 1. The molecule has 10 heteroatoms. The van der Waals surface area contributed by atoms with Crippen LogP contribution in [0.5, 0.6) is 11.6 Å². The minimum atomic E-state index is -1.05. The maximum Gasteiger partial charge on any atom is 0.409 e. The summed E-state index contributed by atoms with van der Waals surface area (Å²) in [5.74, 6) is 0.177. The first kappa shape index (κ1) is 26.6. The van der Waals surface area contributed by atoms with E-state index in [0.717, 1.165) is 5.56 Å². The van der Waals surface area contributed by atoms with E-state index in [2.05, 4.69) is 10.3 Å². The second-order valence-electron chi connectivity index (χ2n) is 9.06. The molecule has 9 nitrogen and oxygen atoms in total. The number of methoxy groups -OCH3 is 2. The van der Waals surface area contributed by atoms with E-state index in [1.54, 1.807) is 36.9 Å². The van der Waals surface area contributed by atoms with Crippen LogP contribution in [0.3, 0.4) is 0 Å². The maximum atomic E-state index is 13.0. The van der Waals surface area contributed by atoms with Crippen molar-refractivity contribution in [2.24, 2.45) is 0 Å². The van der Waals surface area contributed by atoms with Gasteiger partial charge >= 0.3 is 6.09 Å². The van der Waals surface area contributed by atoms with Gasteiger partial charge in [0, 0.05) is 50.0 Å². The fourth-order valence-electron chi connectivity index (χ4n) is 3.82. The molecule has 1 saturated heterocycles. The first-order chi connectivity index (χ1) is 16.6. The molecule has 0 unspecified atom stereocenters. The van der Waals surface area contributed by atoms with Gasteiger partial charge in [-0.1, -0.05) is 23.7 Å². The van der Waals surface area contributed by atoms with Gasteiger partial charge in [-0.25, -0.2) is 9.78 Å². The molecule has 0 aliphatic carbocycles. The average Bonchev–Trinajstić information content (AvgIpc) is 2.83. The van der Waals surface area contributed by atoms with Crippen LogP contribution in [0.2, 0.25) is 5.02 Å². The molecule has 2 heterocycles. The van der Waals surface area contributed by atoms with Crippen LogP contribution >= 0.6 is 11.6 Å². The van der Waals surface area contributed by atoms with Gasteiger partial charge in [-0.15, -0.1) is 0 Å². The monoisotopic (exact) mass is 505 g/mol. The van der Waals surface area contributed by atoms with Crippen molar-refractivity contribution in [2.75, 3.05) is 27.3 Å². The van der Waals surface area contributed by atoms with Crippen LogP contribution in [0.25, 0.3) is 0 Å². The highest BCUT2D eigenvalue weighted by Gasteiger charge is 2.28. The van der Waals surface area contributed by atoms with Crippen LogP contribution in [-0.4, -0.2) is 66.0 Å². The lowest BCUT2D eigenvalue weighted by molar-refractivity contribution is 0.0697. The van der Waals surface area contributed by atoms with Crippen molar-refractivity contribution >= 4 is 23.6 Å². The van der Waals surface area contributed by atoms with Crippen molar-refractivity contribution in [1.82, 2.24) is 15.2 Å². The summed E-state index contributed by atoms with van der Waals surface area (Å²) in [7, 11) is 2.80. The molecular weight excluding hydrogens is 474 g/mol. The van der Waals surface area contributed by atoms with Gasteiger partial charge in [0.25, 0.3) is 5.91 Å². The molecule has 190 valence electrons. The summed E-state index contributed by atoms with van der Waals surface area (Å²) >= 11 is 5.93. The Morgan fingerprint density at radius 1 is 1.20 bits per heavy atom. The number of aliphatic hydroxyl groups is 1. The number of halogens is 1. The first-order valence-corrected chi connectivity index (χ1v) is 11.8. The van der Waals surface area contributed by atoms with E-state index in [4.69, 9.17) is 25.8 Å². The number of nitrogens with one attached hydrogen (secondary N) is 1. The Kier molecular flexibility index (Phi) is 8.80. The quantitative estimate of drug-likeness (QED) is 0.564. The molecule has 0 radical (unpaired) electrons. The molecule has 0 atom stereocenters. The summed E-state index contributed by atoms with van der Waals surface area (Å²) in [5.41, 5.74) is 0.548. The SMILES string of the molecule is COC(=O)N1CCC(Oc2cc(C(=O)NCc3ccc(Cl)cc3)c(OC)nc2CC(C)(C)O)CC1. The zero-order valence-electron chi connectivity index (χ0n) is 20.5. The number of likely N-dealkylation sites (tertiary alicyclic amines) is 1. The fourth-order valence-corrected chi connectivity index (χ4v) is 3.94. The number of hydrogen-bond donors (Lipinski definition) is 2. The number of ether oxygens (including phenoxy) is 3. The molecule has 2 N–H and O–H groups in total. The van der Waals surface area contributed by atoms with Gasteiger partial charge in [-0.2, -0.15) is 0 Å². The van der Waals surface area contributed by atoms with Crippen LogP contribution < -0.4 is 14.8 Å². The lowest BCUT2D eigenvalue weighted by Crippen LogP contribution is -2.41. The smallest absolute Gasteiger partial charge is 0.409 e. The summed E-state index contributed by atoms with van der Waals surface area (Å²) in [6.07, 6.45) is 0.850. The molecule has 1 fully saturated rings. The van der Waals surface area contributed by atoms with Crippen molar-refractivity contribution in [3.05, 3.63) is 52.2 Å². The molecule has 0 saturated carbocycles. The van der Waals surface area contributed by atoms with Crippen LogP contribution in [0.15, 0.2) is 30.3 Å². The van der Waals surface area contributed by atoms with Crippen molar-refractivity contribution < 1.29 is 28.9 Å². The van der Waals surface area contributed by atoms with Gasteiger partial charge in [0.2, 0.25) is 5.88 Å². The minimum Gasteiger partial charge on any atom is -0.488 e. The lowest BCUT2D eigenvalue weighted by Gasteiger charge is -2.32. The van der Waals surface area contributed by atoms with E-state index in [1.165, 1.54) is 14.2 Å². The molecular formula is C25H32ClN3O6. The largest absolute Gasteiger partial charge is 0.488 e. The second-order valence-corrected chi connectivity index (χ2v) is 9.50. The highest BCUT2D eigenvalue weighted by Crippen LogP contribution is 2.30. The predicted octanol–water partition coefficient (Wildman–Crippen LogP) is 3.60. The van der Waals surface area contributed by atoms with Crippen molar-refractivity contribution in [1.29, 1.82) is 0 Å². The molecule has 0 bridgehead atoms. The lowest BCUT2D eigenvalue weighted by atomic mass is 10.0. The minimum absolute atomic E-state index is 0.144. The number of pyridine rings is 1. The molecule has 1 aliphatic rings. The number of carbonyl (C=O) groups excluding carboxylic acids is 2. The number of carbonyl (C=O) groups is 2. The third kappa shape index (κ3) is 7.47. The third-order valence-electron chi connectivity index (χ3n) is 5.60. The molecule has 1 aromatic carbocycles. The van der Waals surface area contributed by atoms with Gasteiger partial charge in [0.1, 0.15) is 17.4 Å². The number of amides is 2. The Balaban J connectivity index is 1.81. The highest BCUT2D eigenvalue weighted by molar-refractivity contribution is 6.30. The van der Waals surface area contributed by atoms with Crippen molar-refractivity contribution in [3.63, 3.8) is 0 Å². The van der Waals surface area contributed by atoms with Gasteiger partial charge in [-0.3, -0.25) is 4.79 Å². The Morgan fingerprint density at radius 3 is 2.43 bits per heavy atom. The zero-order valence-corrected chi connectivity index (χ0v) is 21.2. The maximum absolute atomic E-state index is 13.0. The Morgan fingerprint density at radius 2 is 1.86 bits per heavy atom. The topological polar surface area (TPSA) is 110 Å². The number of piperidine rings is 1. The summed E-state index contributed by atoms with van der Waals surface area (Å²) in [4.78, 5) is 31.0. The van der Waals surface area contributed by atoms with Crippen LogP contribution in [0, 0.1) is 0 Å². The summed E-state index contributed by atoms with van der Waals surface area (Å²) < 4.78 is 16.4. The van der Waals surface area contributed by atoms with Crippen LogP contribution in [0.4, 0.5) is 4.79 Å². The molecule has 35 heavy (non-hydrogen) atoms. The van der Waals surface area contributed by atoms with E-state index < -0.39 is 5.60 Å². The number of hydrogen-bond acceptors (Lipinski definition) is 7. The van der Waals surface area contributed by atoms with Crippen molar-refractivity contribution in [3.8, 4) is 11.6 Å². The number of rotatable bonds is 8. The molecule has 2 aromatic rings. The van der Waals surface area contributed by atoms with E-state index in [-0.39, 0.29) is 36.0 Å². The molecule has 2 amide bonds. The normalized spacial score (nSPS) is 14.4. The molecule has 1 aromatic heterocycles. The fraction of sp³-hybridized carbons (Fsp3) is 0.480. The summed E-state index contributed by atoms with van der Waals surface area (Å²) in [6, 6.07) is 8.79.